The van der Waals surface area contributed by atoms with E-state index in [1.165, 1.54) is 28.3 Å². The first-order chi connectivity index (χ1) is 12.7. The van der Waals surface area contributed by atoms with E-state index in [9.17, 15) is 0 Å². The van der Waals surface area contributed by atoms with Gasteiger partial charge in [-0.1, -0.05) is 41.9 Å². The molecule has 26 heavy (non-hydrogen) atoms. The molecule has 3 aromatic rings. The van der Waals surface area contributed by atoms with Gasteiger partial charge < -0.3 is 9.80 Å². The zero-order valence-electron chi connectivity index (χ0n) is 14.7. The monoisotopic (exact) mass is 384 g/mol. The van der Waals surface area contributed by atoms with E-state index in [-0.39, 0.29) is 0 Å². The highest BCUT2D eigenvalue weighted by atomic mass is 35.5. The van der Waals surface area contributed by atoms with E-state index in [0.29, 0.717) is 0 Å². The predicted molar refractivity (Wildman–Crippen MR) is 110 cm³/mol. The summed E-state index contributed by atoms with van der Waals surface area (Å²) in [5.41, 5.74) is 3.86. The smallest absolute Gasteiger partial charge is 0.205 e. The molecule has 1 aliphatic heterocycles. The van der Waals surface area contributed by atoms with Crippen LogP contribution < -0.4 is 9.80 Å². The molecule has 1 fully saturated rings. The molecule has 0 radical (unpaired) electrons. The summed E-state index contributed by atoms with van der Waals surface area (Å²) in [6, 6.07) is 16.5. The van der Waals surface area contributed by atoms with Crippen LogP contribution in [-0.4, -0.2) is 35.5 Å². The summed E-state index contributed by atoms with van der Waals surface area (Å²) in [7, 11) is 0. The number of hydrogen-bond acceptors (Lipinski definition) is 5. The molecular formula is C20H21ClN4S. The maximum atomic E-state index is 5.95. The van der Waals surface area contributed by atoms with Crippen LogP contribution >= 0.6 is 23.1 Å². The van der Waals surface area contributed by atoms with Crippen LogP contribution in [0.3, 0.4) is 0 Å². The third kappa shape index (κ3) is 3.84. The second-order valence-corrected chi connectivity index (χ2v) is 7.72. The van der Waals surface area contributed by atoms with Gasteiger partial charge in [0.25, 0.3) is 0 Å². The Balaban J connectivity index is 1.38. The van der Waals surface area contributed by atoms with Gasteiger partial charge in [0.15, 0.2) is 0 Å². The maximum Gasteiger partial charge on any atom is 0.205 e. The second-order valence-electron chi connectivity index (χ2n) is 6.56. The molecule has 4 rings (SSSR count). The molecule has 0 aliphatic carbocycles. The Morgan fingerprint density at radius 3 is 2.38 bits per heavy atom. The zero-order valence-corrected chi connectivity index (χ0v) is 16.3. The lowest BCUT2D eigenvalue weighted by atomic mass is 10.1. The zero-order chi connectivity index (χ0) is 17.9. The highest BCUT2D eigenvalue weighted by Gasteiger charge is 2.21. The van der Waals surface area contributed by atoms with Crippen molar-refractivity contribution in [3.63, 3.8) is 0 Å². The van der Waals surface area contributed by atoms with Gasteiger partial charge in [-0.3, -0.25) is 0 Å². The van der Waals surface area contributed by atoms with Gasteiger partial charge in [-0.15, -0.1) is 0 Å². The van der Waals surface area contributed by atoms with Crippen LogP contribution in [0.5, 0.6) is 0 Å². The van der Waals surface area contributed by atoms with Gasteiger partial charge >= 0.3 is 0 Å². The largest absolute Gasteiger partial charge is 0.368 e. The van der Waals surface area contributed by atoms with Crippen molar-refractivity contribution >= 4 is 34.0 Å². The number of para-hydroxylation sites is 1. The molecule has 0 N–H and O–H groups in total. The van der Waals surface area contributed by atoms with Crippen LogP contribution in [0, 0.1) is 6.92 Å². The summed E-state index contributed by atoms with van der Waals surface area (Å²) in [6.07, 6.45) is 0.747. The van der Waals surface area contributed by atoms with Crippen LogP contribution in [0.15, 0.2) is 48.5 Å². The molecule has 1 aromatic heterocycles. The number of rotatable bonds is 4. The topological polar surface area (TPSA) is 32.3 Å². The molecular weight excluding hydrogens is 364 g/mol. The van der Waals surface area contributed by atoms with Crippen molar-refractivity contribution in [2.45, 2.75) is 13.3 Å². The number of hydrogen-bond donors (Lipinski definition) is 0. The molecule has 0 bridgehead atoms. The van der Waals surface area contributed by atoms with E-state index in [4.69, 9.17) is 16.6 Å². The summed E-state index contributed by atoms with van der Waals surface area (Å²) >= 11 is 7.45. The van der Waals surface area contributed by atoms with Gasteiger partial charge in [-0.25, -0.2) is 4.98 Å². The Bertz CT molecular complexity index is 870. The molecule has 2 heterocycles. The molecule has 0 saturated carbocycles. The molecule has 0 spiro atoms. The predicted octanol–water partition coefficient (Wildman–Crippen LogP) is 4.42. The molecule has 4 nitrogen and oxygen atoms in total. The Morgan fingerprint density at radius 1 is 0.962 bits per heavy atom. The van der Waals surface area contributed by atoms with Gasteiger partial charge in [0, 0.05) is 54.8 Å². The summed E-state index contributed by atoms with van der Waals surface area (Å²) in [5.74, 6) is 0.883. The van der Waals surface area contributed by atoms with E-state index in [1.807, 2.05) is 24.3 Å². The van der Waals surface area contributed by atoms with Crippen LogP contribution in [0.25, 0.3) is 0 Å². The molecule has 0 unspecified atom stereocenters. The third-order valence-electron chi connectivity index (χ3n) is 4.74. The Hall–Kier alpha value is -2.11. The fourth-order valence-electron chi connectivity index (χ4n) is 3.29. The van der Waals surface area contributed by atoms with Gasteiger partial charge in [-0.05, 0) is 36.2 Å². The fourth-order valence-corrected chi connectivity index (χ4v) is 4.15. The molecule has 1 saturated heterocycles. The molecule has 0 atom stereocenters. The SMILES string of the molecule is Cc1ccccc1N1CCN(c2nc(Cc3ccc(Cl)cc3)ns2)CC1. The number of nitrogens with zero attached hydrogens (tertiary/aromatic N) is 4. The number of benzene rings is 2. The van der Waals surface area contributed by atoms with Crippen molar-refractivity contribution in [1.82, 2.24) is 9.36 Å². The van der Waals surface area contributed by atoms with Crippen molar-refractivity contribution in [1.29, 1.82) is 0 Å². The van der Waals surface area contributed by atoms with Crippen molar-refractivity contribution in [3.8, 4) is 0 Å². The molecule has 6 heteroatoms. The summed E-state index contributed by atoms with van der Waals surface area (Å²) in [4.78, 5) is 9.55. The lowest BCUT2D eigenvalue weighted by Gasteiger charge is -2.36. The van der Waals surface area contributed by atoms with Crippen molar-refractivity contribution in [2.75, 3.05) is 36.0 Å². The average molecular weight is 385 g/mol. The first-order valence-corrected chi connectivity index (χ1v) is 9.97. The minimum atomic E-state index is 0.747. The van der Waals surface area contributed by atoms with Crippen molar-refractivity contribution < 1.29 is 0 Å². The van der Waals surface area contributed by atoms with Gasteiger partial charge in [-0.2, -0.15) is 4.37 Å². The van der Waals surface area contributed by atoms with Crippen LogP contribution in [0.1, 0.15) is 17.0 Å². The van der Waals surface area contributed by atoms with Gasteiger partial charge in [0.1, 0.15) is 5.82 Å². The highest BCUT2D eigenvalue weighted by Crippen LogP contribution is 2.24. The molecule has 134 valence electrons. The standard InChI is InChI=1S/C20H21ClN4S/c1-15-4-2-3-5-18(15)24-10-12-25(13-11-24)20-22-19(23-26-20)14-16-6-8-17(21)9-7-16/h2-9H,10-14H2,1H3. The highest BCUT2D eigenvalue weighted by molar-refractivity contribution is 7.09. The second kappa shape index (κ2) is 7.64. The van der Waals surface area contributed by atoms with Gasteiger partial charge in [0.2, 0.25) is 5.13 Å². The first-order valence-electron chi connectivity index (χ1n) is 8.81. The third-order valence-corrected chi connectivity index (χ3v) is 5.81. The van der Waals surface area contributed by atoms with E-state index in [1.54, 1.807) is 0 Å². The van der Waals surface area contributed by atoms with Crippen molar-refractivity contribution in [3.05, 3.63) is 70.5 Å². The van der Waals surface area contributed by atoms with E-state index in [0.717, 1.165) is 48.6 Å². The molecule has 2 aromatic carbocycles. The summed E-state index contributed by atoms with van der Waals surface area (Å²) < 4.78 is 4.54. The van der Waals surface area contributed by atoms with Crippen molar-refractivity contribution in [2.24, 2.45) is 0 Å². The minimum absolute atomic E-state index is 0.747. The summed E-state index contributed by atoms with van der Waals surface area (Å²) in [5, 5.41) is 1.78. The summed E-state index contributed by atoms with van der Waals surface area (Å²) in [6.45, 7) is 6.15. The number of piperazine rings is 1. The van der Waals surface area contributed by atoms with E-state index >= 15 is 0 Å². The van der Waals surface area contributed by atoms with Crippen LogP contribution in [-0.2, 0) is 6.42 Å². The first kappa shape index (κ1) is 17.3. The quantitative estimate of drug-likeness (QED) is 0.666. The molecule has 0 amide bonds. The van der Waals surface area contributed by atoms with Gasteiger partial charge in [0.05, 0.1) is 0 Å². The number of anilines is 2. The number of aromatic nitrogens is 2. The Labute approximate surface area is 163 Å². The lowest BCUT2D eigenvalue weighted by molar-refractivity contribution is 0.650. The average Bonchev–Trinajstić information content (AvgIpc) is 3.13. The van der Waals surface area contributed by atoms with Crippen LogP contribution in [0.2, 0.25) is 5.02 Å². The number of aryl methyl sites for hydroxylation is 1. The normalized spacial score (nSPS) is 14.7. The van der Waals surface area contributed by atoms with E-state index < -0.39 is 0 Å². The molecule has 1 aliphatic rings. The lowest BCUT2D eigenvalue weighted by Crippen LogP contribution is -2.46. The Kier molecular flexibility index (Phi) is 5.09. The maximum absolute atomic E-state index is 5.95. The Morgan fingerprint density at radius 2 is 1.65 bits per heavy atom. The number of halogens is 1. The fraction of sp³-hybridized carbons (Fsp3) is 0.300. The van der Waals surface area contributed by atoms with Crippen LogP contribution in [0.4, 0.5) is 10.8 Å². The minimum Gasteiger partial charge on any atom is -0.368 e. The van der Waals surface area contributed by atoms with E-state index in [2.05, 4.69) is 45.4 Å².